The normalized spacial score (nSPS) is 20.2. The van der Waals surface area contributed by atoms with E-state index in [2.05, 4.69) is 5.32 Å². The highest BCUT2D eigenvalue weighted by Crippen LogP contribution is 2.37. The van der Waals surface area contributed by atoms with Gasteiger partial charge in [-0.25, -0.2) is 8.42 Å². The average molecular weight is 360 g/mol. The van der Waals surface area contributed by atoms with Gasteiger partial charge in [-0.3, -0.25) is 4.79 Å². The lowest BCUT2D eigenvalue weighted by Crippen LogP contribution is -2.35. The van der Waals surface area contributed by atoms with Crippen molar-refractivity contribution in [1.29, 1.82) is 0 Å². The van der Waals surface area contributed by atoms with E-state index in [1.54, 1.807) is 13.2 Å². The first-order valence-electron chi connectivity index (χ1n) is 6.67. The van der Waals surface area contributed by atoms with E-state index in [0.717, 1.165) is 10.1 Å². The van der Waals surface area contributed by atoms with Gasteiger partial charge in [0, 0.05) is 16.1 Å². The summed E-state index contributed by atoms with van der Waals surface area (Å²) in [5, 5.41) is 3.94. The standard InChI is InChI=1S/C14H14ClNO4S2/c1-20-9-2-3-10-11(6-9)21-13(12(10)15)14(17)16-8-4-5-22(18,19)7-8/h2-3,6,8H,4-5,7H2,1H3,(H,16,17)/t8-/m0/s1. The Labute approximate surface area is 137 Å². The minimum absolute atomic E-state index is 0.00488. The monoisotopic (exact) mass is 359 g/mol. The molecule has 3 rings (SSSR count). The molecule has 2 aromatic rings. The van der Waals surface area contributed by atoms with Crippen LogP contribution in [-0.2, 0) is 9.84 Å². The first-order chi connectivity index (χ1) is 10.4. The number of fused-ring (bicyclic) bond motifs is 1. The number of amides is 1. The van der Waals surface area contributed by atoms with Gasteiger partial charge in [-0.1, -0.05) is 11.6 Å². The molecule has 0 bridgehead atoms. The first-order valence-corrected chi connectivity index (χ1v) is 9.68. The molecule has 5 nitrogen and oxygen atoms in total. The fourth-order valence-electron chi connectivity index (χ4n) is 2.48. The second-order valence-electron chi connectivity index (χ2n) is 5.18. The number of carbonyl (C=O) groups is 1. The van der Waals surface area contributed by atoms with Crippen LogP contribution in [0.4, 0.5) is 0 Å². The predicted octanol–water partition coefficient (Wildman–Crippen LogP) is 2.48. The lowest BCUT2D eigenvalue weighted by molar-refractivity contribution is 0.0945. The Morgan fingerprint density at radius 2 is 2.23 bits per heavy atom. The molecule has 1 saturated heterocycles. The van der Waals surface area contributed by atoms with Crippen molar-refractivity contribution < 1.29 is 17.9 Å². The summed E-state index contributed by atoms with van der Waals surface area (Å²) in [6.07, 6.45) is 0.449. The summed E-state index contributed by atoms with van der Waals surface area (Å²) in [4.78, 5) is 12.7. The molecule has 118 valence electrons. The Morgan fingerprint density at radius 3 is 2.86 bits per heavy atom. The van der Waals surface area contributed by atoms with Crippen LogP contribution in [0.25, 0.3) is 10.1 Å². The number of benzene rings is 1. The summed E-state index contributed by atoms with van der Waals surface area (Å²) in [6.45, 7) is 0. The van der Waals surface area contributed by atoms with Crippen LogP contribution in [-0.4, -0.2) is 39.0 Å². The van der Waals surface area contributed by atoms with Crippen LogP contribution >= 0.6 is 22.9 Å². The zero-order valence-electron chi connectivity index (χ0n) is 11.8. The summed E-state index contributed by atoms with van der Waals surface area (Å²) in [5.74, 6) is 0.483. The number of thiophene rings is 1. The minimum atomic E-state index is -3.03. The minimum Gasteiger partial charge on any atom is -0.497 e. The molecule has 0 spiro atoms. The van der Waals surface area contributed by atoms with Crippen LogP contribution in [0.5, 0.6) is 5.75 Å². The smallest absolute Gasteiger partial charge is 0.263 e. The zero-order valence-corrected chi connectivity index (χ0v) is 14.1. The highest BCUT2D eigenvalue weighted by atomic mass is 35.5. The van der Waals surface area contributed by atoms with E-state index in [1.807, 2.05) is 12.1 Å². The number of nitrogens with one attached hydrogen (secondary N) is 1. The van der Waals surface area contributed by atoms with E-state index in [9.17, 15) is 13.2 Å². The van der Waals surface area contributed by atoms with Gasteiger partial charge < -0.3 is 10.1 Å². The zero-order chi connectivity index (χ0) is 15.9. The maximum absolute atomic E-state index is 12.3. The number of hydrogen-bond donors (Lipinski definition) is 1. The molecular formula is C14H14ClNO4S2. The van der Waals surface area contributed by atoms with Crippen LogP contribution in [0, 0.1) is 0 Å². The Bertz CT molecular complexity index is 844. The van der Waals surface area contributed by atoms with Crippen LogP contribution < -0.4 is 10.1 Å². The average Bonchev–Trinajstić information content (AvgIpc) is 2.98. The van der Waals surface area contributed by atoms with E-state index in [4.69, 9.17) is 16.3 Å². The van der Waals surface area contributed by atoms with E-state index in [-0.39, 0.29) is 23.5 Å². The molecular weight excluding hydrogens is 346 g/mol. The highest BCUT2D eigenvalue weighted by Gasteiger charge is 2.30. The Morgan fingerprint density at radius 1 is 1.45 bits per heavy atom. The van der Waals surface area contributed by atoms with Gasteiger partial charge in [-0.05, 0) is 24.6 Å². The largest absolute Gasteiger partial charge is 0.497 e. The molecule has 0 saturated carbocycles. The summed E-state index contributed by atoms with van der Waals surface area (Å²) in [7, 11) is -1.45. The van der Waals surface area contributed by atoms with Crippen molar-refractivity contribution in [1.82, 2.24) is 5.32 Å². The third kappa shape index (κ3) is 2.93. The molecule has 2 heterocycles. The van der Waals surface area contributed by atoms with Gasteiger partial charge >= 0.3 is 0 Å². The third-order valence-corrected chi connectivity index (χ3v) is 7.03. The fourth-order valence-corrected chi connectivity index (χ4v) is 5.60. The lowest BCUT2D eigenvalue weighted by Gasteiger charge is -2.09. The van der Waals surface area contributed by atoms with Crippen molar-refractivity contribution in [2.45, 2.75) is 12.5 Å². The second kappa shape index (κ2) is 5.72. The summed E-state index contributed by atoms with van der Waals surface area (Å²) in [5.41, 5.74) is 0. The Kier molecular flexibility index (Phi) is 4.05. The molecule has 22 heavy (non-hydrogen) atoms. The molecule has 0 radical (unpaired) electrons. The molecule has 1 aromatic heterocycles. The number of halogens is 1. The molecule has 1 aromatic carbocycles. The molecule has 0 unspecified atom stereocenters. The second-order valence-corrected chi connectivity index (χ2v) is 8.84. The number of rotatable bonds is 3. The highest BCUT2D eigenvalue weighted by molar-refractivity contribution is 7.91. The molecule has 1 N–H and O–H groups in total. The van der Waals surface area contributed by atoms with Gasteiger partial charge in [0.15, 0.2) is 9.84 Å². The van der Waals surface area contributed by atoms with Crippen LogP contribution in [0.3, 0.4) is 0 Å². The molecule has 0 aliphatic carbocycles. The van der Waals surface area contributed by atoms with Crippen molar-refractivity contribution in [3.8, 4) is 5.75 Å². The van der Waals surface area contributed by atoms with Gasteiger partial charge in [0.2, 0.25) is 0 Å². The van der Waals surface area contributed by atoms with E-state index in [1.165, 1.54) is 11.3 Å². The molecule has 1 atom stereocenters. The summed E-state index contributed by atoms with van der Waals surface area (Å²) < 4.78 is 28.9. The van der Waals surface area contributed by atoms with Gasteiger partial charge in [0.05, 0.1) is 23.6 Å². The van der Waals surface area contributed by atoms with Gasteiger partial charge in [-0.2, -0.15) is 0 Å². The van der Waals surface area contributed by atoms with Crippen molar-refractivity contribution in [2.24, 2.45) is 0 Å². The van der Waals surface area contributed by atoms with Gasteiger partial charge in [0.1, 0.15) is 10.6 Å². The van der Waals surface area contributed by atoms with E-state index >= 15 is 0 Å². The lowest BCUT2D eigenvalue weighted by atomic mass is 10.2. The SMILES string of the molecule is COc1ccc2c(Cl)c(C(=O)N[C@H]3CCS(=O)(=O)C3)sc2c1. The van der Waals surface area contributed by atoms with Crippen molar-refractivity contribution >= 4 is 48.8 Å². The molecule has 8 heteroatoms. The quantitative estimate of drug-likeness (QED) is 0.913. The fraction of sp³-hybridized carbons (Fsp3) is 0.357. The van der Waals surface area contributed by atoms with Crippen molar-refractivity contribution in [3.05, 3.63) is 28.1 Å². The number of carbonyl (C=O) groups excluding carboxylic acids is 1. The maximum Gasteiger partial charge on any atom is 0.263 e. The number of methoxy groups -OCH3 is 1. The summed E-state index contributed by atoms with van der Waals surface area (Å²) >= 11 is 7.55. The van der Waals surface area contributed by atoms with E-state index in [0.29, 0.717) is 22.1 Å². The van der Waals surface area contributed by atoms with E-state index < -0.39 is 9.84 Å². The van der Waals surface area contributed by atoms with Crippen LogP contribution in [0.1, 0.15) is 16.1 Å². The van der Waals surface area contributed by atoms with Crippen molar-refractivity contribution in [2.75, 3.05) is 18.6 Å². The van der Waals surface area contributed by atoms with Gasteiger partial charge in [0.25, 0.3) is 5.91 Å². The van der Waals surface area contributed by atoms with Gasteiger partial charge in [-0.15, -0.1) is 11.3 Å². The number of hydrogen-bond acceptors (Lipinski definition) is 5. The topological polar surface area (TPSA) is 72.5 Å². The maximum atomic E-state index is 12.3. The first kappa shape index (κ1) is 15.6. The predicted molar refractivity (Wildman–Crippen MR) is 87.9 cm³/mol. The van der Waals surface area contributed by atoms with Crippen LogP contribution in [0.15, 0.2) is 18.2 Å². The molecule has 1 aliphatic rings. The Balaban J connectivity index is 1.86. The number of sulfone groups is 1. The van der Waals surface area contributed by atoms with Crippen LogP contribution in [0.2, 0.25) is 5.02 Å². The Hall–Kier alpha value is -1.31. The molecule has 1 aliphatic heterocycles. The third-order valence-electron chi connectivity index (χ3n) is 3.61. The molecule has 1 fully saturated rings. The molecule has 1 amide bonds. The van der Waals surface area contributed by atoms with Crippen molar-refractivity contribution in [3.63, 3.8) is 0 Å². The number of ether oxygens (including phenoxy) is 1. The summed E-state index contributed by atoms with van der Waals surface area (Å²) in [6, 6.07) is 5.08.